The molecule has 0 radical (unpaired) electrons. The lowest BCUT2D eigenvalue weighted by Gasteiger charge is -2.24. The number of nitrogen functional groups attached to an aromatic ring is 1. The van der Waals surface area contributed by atoms with Crippen molar-refractivity contribution in [2.75, 3.05) is 23.2 Å². The summed E-state index contributed by atoms with van der Waals surface area (Å²) >= 11 is 0. The third kappa shape index (κ3) is 3.14. The van der Waals surface area contributed by atoms with Crippen molar-refractivity contribution in [1.82, 2.24) is 0 Å². The average Bonchev–Trinajstić information content (AvgIpc) is 2.45. The van der Waals surface area contributed by atoms with Gasteiger partial charge >= 0.3 is 0 Å². The molecule has 0 amide bonds. The van der Waals surface area contributed by atoms with Gasteiger partial charge in [-0.1, -0.05) is 18.2 Å². The fourth-order valence-corrected chi connectivity index (χ4v) is 3.44. The Balaban J connectivity index is 2.54. The van der Waals surface area contributed by atoms with E-state index in [-0.39, 0.29) is 29.4 Å². The second-order valence-electron chi connectivity index (χ2n) is 4.32. The minimum Gasteiger partial charge on any atom is -0.397 e. The first-order valence-electron chi connectivity index (χ1n) is 6.20. The van der Waals surface area contributed by atoms with E-state index in [1.165, 1.54) is 18.2 Å². The van der Waals surface area contributed by atoms with E-state index in [1.54, 1.807) is 18.2 Å². The van der Waals surface area contributed by atoms with Gasteiger partial charge in [0.25, 0.3) is 10.0 Å². The fraction of sp³-hybridized carbons (Fsp3) is 0.143. The monoisotopic (exact) mass is 310 g/mol. The largest absolute Gasteiger partial charge is 0.397 e. The van der Waals surface area contributed by atoms with Gasteiger partial charge in [-0.25, -0.2) is 12.8 Å². The maximum atomic E-state index is 13.3. The molecule has 0 spiro atoms. The van der Waals surface area contributed by atoms with Crippen molar-refractivity contribution in [1.29, 1.82) is 0 Å². The van der Waals surface area contributed by atoms with Gasteiger partial charge in [0, 0.05) is 0 Å². The van der Waals surface area contributed by atoms with Crippen LogP contribution in [-0.4, -0.2) is 26.7 Å². The van der Waals surface area contributed by atoms with Crippen LogP contribution in [0.3, 0.4) is 0 Å². The quantitative estimate of drug-likeness (QED) is 0.822. The summed E-state index contributed by atoms with van der Waals surface area (Å²) in [4.78, 5) is -0.195. The van der Waals surface area contributed by atoms with Crippen LogP contribution in [0.2, 0.25) is 0 Å². The first-order chi connectivity index (χ1) is 9.96. The topological polar surface area (TPSA) is 83.6 Å². The molecule has 2 rings (SSSR count). The Labute approximate surface area is 122 Å². The molecule has 0 aliphatic rings. The molecule has 7 heteroatoms. The van der Waals surface area contributed by atoms with Crippen molar-refractivity contribution in [3.8, 4) is 0 Å². The van der Waals surface area contributed by atoms with E-state index in [0.717, 1.165) is 16.4 Å². The Morgan fingerprint density at radius 3 is 2.48 bits per heavy atom. The normalized spacial score (nSPS) is 11.3. The van der Waals surface area contributed by atoms with Gasteiger partial charge in [0.05, 0.1) is 29.4 Å². The molecule has 0 unspecified atom stereocenters. The third-order valence-corrected chi connectivity index (χ3v) is 4.70. The average molecular weight is 310 g/mol. The van der Waals surface area contributed by atoms with Gasteiger partial charge in [-0.15, -0.1) is 0 Å². The molecule has 2 aromatic carbocycles. The highest BCUT2D eigenvalue weighted by Crippen LogP contribution is 2.28. The van der Waals surface area contributed by atoms with Crippen molar-refractivity contribution in [3.63, 3.8) is 0 Å². The Hall–Kier alpha value is -2.12. The number of aliphatic hydroxyl groups excluding tert-OH is 1. The highest BCUT2D eigenvalue weighted by atomic mass is 32.2. The van der Waals surface area contributed by atoms with Crippen LogP contribution in [0.5, 0.6) is 0 Å². The molecule has 0 aromatic heterocycles. The summed E-state index contributed by atoms with van der Waals surface area (Å²) in [7, 11) is -4.01. The zero-order chi connectivity index (χ0) is 15.5. The number of nitrogens with two attached hydrogens (primary N) is 1. The zero-order valence-corrected chi connectivity index (χ0v) is 11.9. The van der Waals surface area contributed by atoms with Gasteiger partial charge in [0.1, 0.15) is 5.82 Å². The van der Waals surface area contributed by atoms with E-state index in [4.69, 9.17) is 10.8 Å². The number of aliphatic hydroxyl groups is 1. The summed E-state index contributed by atoms with van der Waals surface area (Å²) in [6.45, 7) is -0.560. The maximum Gasteiger partial charge on any atom is 0.264 e. The number of hydrogen-bond donors (Lipinski definition) is 2. The Bertz CT molecular complexity index is 735. The molecule has 0 bridgehead atoms. The number of halogens is 1. The Morgan fingerprint density at radius 1 is 1.14 bits per heavy atom. The predicted octanol–water partition coefficient (Wildman–Crippen LogP) is 1.60. The van der Waals surface area contributed by atoms with Gasteiger partial charge in [-0.3, -0.25) is 4.31 Å². The van der Waals surface area contributed by atoms with E-state index < -0.39 is 15.8 Å². The van der Waals surface area contributed by atoms with Crippen LogP contribution in [0.25, 0.3) is 0 Å². The summed E-state index contributed by atoms with van der Waals surface area (Å²) in [5.74, 6) is -0.652. The first kappa shape index (κ1) is 15.3. The van der Waals surface area contributed by atoms with Gasteiger partial charge in [0.15, 0.2) is 0 Å². The standard InChI is InChI=1S/C14H15FN2O3S/c15-11-4-3-5-12(10-11)21(19,20)17(8-9-18)14-7-2-1-6-13(14)16/h1-7,10,18H,8-9,16H2. The van der Waals surface area contributed by atoms with Crippen molar-refractivity contribution in [3.05, 3.63) is 54.3 Å². The number of rotatable bonds is 5. The maximum absolute atomic E-state index is 13.3. The first-order valence-corrected chi connectivity index (χ1v) is 7.64. The van der Waals surface area contributed by atoms with Gasteiger partial charge in [-0.05, 0) is 30.3 Å². The molecule has 0 fully saturated rings. The summed E-state index contributed by atoms with van der Waals surface area (Å²) < 4.78 is 39.5. The van der Waals surface area contributed by atoms with Crippen LogP contribution in [-0.2, 0) is 10.0 Å². The number of nitrogens with zero attached hydrogens (tertiary/aromatic N) is 1. The number of sulfonamides is 1. The van der Waals surface area contributed by atoms with Crippen LogP contribution in [0.1, 0.15) is 0 Å². The van der Waals surface area contributed by atoms with Crippen LogP contribution in [0.15, 0.2) is 53.4 Å². The van der Waals surface area contributed by atoms with Crippen LogP contribution in [0.4, 0.5) is 15.8 Å². The van der Waals surface area contributed by atoms with Crippen LogP contribution >= 0.6 is 0 Å². The van der Waals surface area contributed by atoms with E-state index >= 15 is 0 Å². The molecular weight excluding hydrogens is 295 g/mol. The summed E-state index contributed by atoms with van der Waals surface area (Å²) in [5, 5.41) is 9.13. The highest BCUT2D eigenvalue weighted by molar-refractivity contribution is 7.92. The second-order valence-corrected chi connectivity index (χ2v) is 6.18. The third-order valence-electron chi connectivity index (χ3n) is 2.89. The van der Waals surface area contributed by atoms with Gasteiger partial charge in [-0.2, -0.15) is 0 Å². The van der Waals surface area contributed by atoms with Crippen LogP contribution in [0, 0.1) is 5.82 Å². The lowest BCUT2D eigenvalue weighted by molar-refractivity contribution is 0.306. The SMILES string of the molecule is Nc1ccccc1N(CCO)S(=O)(=O)c1cccc(F)c1. The van der Waals surface area contributed by atoms with Crippen molar-refractivity contribution in [2.24, 2.45) is 0 Å². The van der Waals surface area contributed by atoms with Crippen LogP contribution < -0.4 is 10.0 Å². The lowest BCUT2D eigenvalue weighted by Crippen LogP contribution is -2.34. The number of anilines is 2. The van der Waals surface area contributed by atoms with Crippen molar-refractivity contribution in [2.45, 2.75) is 4.90 Å². The summed E-state index contributed by atoms with van der Waals surface area (Å²) in [6, 6.07) is 11.1. The van der Waals surface area contributed by atoms with E-state index in [9.17, 15) is 12.8 Å². The molecule has 3 N–H and O–H groups in total. The number of para-hydroxylation sites is 2. The molecule has 0 atom stereocenters. The van der Waals surface area contributed by atoms with E-state index in [2.05, 4.69) is 0 Å². The van der Waals surface area contributed by atoms with E-state index in [1.807, 2.05) is 0 Å². The van der Waals surface area contributed by atoms with Crippen molar-refractivity contribution < 1.29 is 17.9 Å². The second kappa shape index (κ2) is 6.11. The molecule has 0 saturated heterocycles. The number of benzene rings is 2. The number of hydrogen-bond acceptors (Lipinski definition) is 4. The minimum absolute atomic E-state index is 0.174. The summed E-state index contributed by atoms with van der Waals surface area (Å²) in [6.07, 6.45) is 0. The molecule has 0 aliphatic heterocycles. The Morgan fingerprint density at radius 2 is 1.86 bits per heavy atom. The fourth-order valence-electron chi connectivity index (χ4n) is 1.93. The molecule has 2 aromatic rings. The molecule has 5 nitrogen and oxygen atoms in total. The molecule has 0 aliphatic carbocycles. The van der Waals surface area contributed by atoms with E-state index in [0.29, 0.717) is 0 Å². The van der Waals surface area contributed by atoms with Crippen molar-refractivity contribution >= 4 is 21.4 Å². The Kier molecular flexibility index (Phi) is 4.44. The molecule has 0 heterocycles. The molecule has 21 heavy (non-hydrogen) atoms. The lowest BCUT2D eigenvalue weighted by atomic mass is 10.3. The minimum atomic E-state index is -4.01. The molecule has 112 valence electrons. The molecular formula is C14H15FN2O3S. The molecule has 0 saturated carbocycles. The smallest absolute Gasteiger partial charge is 0.264 e. The van der Waals surface area contributed by atoms with Gasteiger partial charge in [0.2, 0.25) is 0 Å². The predicted molar refractivity (Wildman–Crippen MR) is 78.9 cm³/mol. The summed E-state index contributed by atoms with van der Waals surface area (Å²) in [5.41, 5.74) is 6.30. The highest BCUT2D eigenvalue weighted by Gasteiger charge is 2.26. The zero-order valence-electron chi connectivity index (χ0n) is 11.1. The van der Waals surface area contributed by atoms with Gasteiger partial charge < -0.3 is 10.8 Å².